The molecule has 0 atom stereocenters. The second kappa shape index (κ2) is 8.24. The summed E-state index contributed by atoms with van der Waals surface area (Å²) in [6.45, 7) is 4.66. The van der Waals surface area contributed by atoms with Gasteiger partial charge in [0.05, 0.1) is 5.57 Å². The van der Waals surface area contributed by atoms with Crippen molar-refractivity contribution in [2.75, 3.05) is 11.4 Å². The molecule has 150 valence electrons. The van der Waals surface area contributed by atoms with Gasteiger partial charge in [-0.15, -0.1) is 0 Å². The molecule has 29 heavy (non-hydrogen) atoms. The van der Waals surface area contributed by atoms with Crippen LogP contribution < -0.4 is 4.90 Å². The molecule has 1 fully saturated rings. The van der Waals surface area contributed by atoms with Gasteiger partial charge in [0.1, 0.15) is 5.70 Å². The van der Waals surface area contributed by atoms with Crippen LogP contribution in [0.3, 0.4) is 0 Å². The smallest absolute Gasteiger partial charge is 0.278 e. The van der Waals surface area contributed by atoms with Gasteiger partial charge in [-0.2, -0.15) is 0 Å². The number of benzene rings is 2. The van der Waals surface area contributed by atoms with Crippen LogP contribution in [0, 0.1) is 6.92 Å². The van der Waals surface area contributed by atoms with Crippen LogP contribution >= 0.6 is 0 Å². The number of amides is 2. The van der Waals surface area contributed by atoms with Gasteiger partial charge < -0.3 is 4.90 Å². The summed E-state index contributed by atoms with van der Waals surface area (Å²) in [5.41, 5.74) is 3.93. The lowest BCUT2D eigenvalue weighted by Crippen LogP contribution is -2.43. The SMILES string of the molecule is CCN(C1=C(c2ccc(C)cc2)C(=O)N(C2CCCCC2)C1=O)c1ccccc1. The van der Waals surface area contributed by atoms with Crippen molar-refractivity contribution in [1.82, 2.24) is 4.90 Å². The van der Waals surface area contributed by atoms with Gasteiger partial charge in [-0.05, 0) is 44.4 Å². The van der Waals surface area contributed by atoms with E-state index in [1.165, 1.54) is 6.42 Å². The van der Waals surface area contributed by atoms with Crippen molar-refractivity contribution in [2.24, 2.45) is 0 Å². The van der Waals surface area contributed by atoms with Crippen molar-refractivity contribution in [3.63, 3.8) is 0 Å². The van der Waals surface area contributed by atoms with Crippen LogP contribution in [-0.2, 0) is 9.59 Å². The van der Waals surface area contributed by atoms with Gasteiger partial charge in [-0.1, -0.05) is 67.3 Å². The van der Waals surface area contributed by atoms with E-state index in [1.54, 1.807) is 4.90 Å². The minimum atomic E-state index is -0.150. The minimum absolute atomic E-state index is 0.0103. The van der Waals surface area contributed by atoms with Crippen molar-refractivity contribution in [3.8, 4) is 0 Å². The quantitative estimate of drug-likeness (QED) is 0.682. The standard InChI is InChI=1S/C25H28N2O2/c1-3-26(20-10-6-4-7-11-20)23-22(19-16-14-18(2)15-17-19)24(28)27(25(23)29)21-12-8-5-9-13-21/h4,6-7,10-11,14-17,21H,3,5,8-9,12-13H2,1-2H3. The summed E-state index contributed by atoms with van der Waals surface area (Å²) >= 11 is 0. The van der Waals surface area contributed by atoms with Crippen molar-refractivity contribution >= 4 is 23.1 Å². The molecule has 4 rings (SSSR count). The second-order valence-corrected chi connectivity index (χ2v) is 7.94. The lowest BCUT2D eigenvalue weighted by atomic mass is 9.94. The Labute approximate surface area is 172 Å². The first kappa shape index (κ1) is 19.4. The van der Waals surface area contributed by atoms with Crippen molar-refractivity contribution in [2.45, 2.75) is 52.0 Å². The maximum atomic E-state index is 13.6. The molecule has 2 aliphatic rings. The van der Waals surface area contributed by atoms with Crippen LogP contribution in [0.1, 0.15) is 50.2 Å². The van der Waals surface area contributed by atoms with Crippen LogP contribution in [0.2, 0.25) is 0 Å². The molecule has 0 N–H and O–H groups in total. The molecule has 2 aromatic carbocycles. The van der Waals surface area contributed by atoms with Crippen LogP contribution in [0.15, 0.2) is 60.3 Å². The summed E-state index contributed by atoms with van der Waals surface area (Å²) in [5, 5.41) is 0. The third kappa shape index (κ3) is 3.59. The molecule has 0 radical (unpaired) electrons. The van der Waals surface area contributed by atoms with Crippen molar-refractivity contribution < 1.29 is 9.59 Å². The number of hydrogen-bond donors (Lipinski definition) is 0. The predicted molar refractivity (Wildman–Crippen MR) is 116 cm³/mol. The maximum absolute atomic E-state index is 13.6. The highest BCUT2D eigenvalue weighted by Crippen LogP contribution is 2.37. The molecular weight excluding hydrogens is 360 g/mol. The molecule has 0 aromatic heterocycles. The molecule has 4 nitrogen and oxygen atoms in total. The molecule has 1 aliphatic heterocycles. The van der Waals surface area contributed by atoms with Gasteiger partial charge >= 0.3 is 0 Å². The number of likely N-dealkylation sites (N-methyl/N-ethyl adjacent to an activating group) is 1. The number of imide groups is 1. The molecule has 0 bridgehead atoms. The van der Waals surface area contributed by atoms with Gasteiger partial charge in [-0.3, -0.25) is 14.5 Å². The largest absolute Gasteiger partial charge is 0.337 e. The van der Waals surface area contributed by atoms with Gasteiger partial charge in [0.2, 0.25) is 0 Å². The lowest BCUT2D eigenvalue weighted by molar-refractivity contribution is -0.140. The molecular formula is C25H28N2O2. The van der Waals surface area contributed by atoms with Crippen LogP contribution in [-0.4, -0.2) is 29.3 Å². The number of rotatable bonds is 5. The van der Waals surface area contributed by atoms with E-state index in [9.17, 15) is 9.59 Å². The first-order valence-corrected chi connectivity index (χ1v) is 10.6. The summed E-state index contributed by atoms with van der Waals surface area (Å²) < 4.78 is 0. The maximum Gasteiger partial charge on any atom is 0.278 e. The summed E-state index contributed by atoms with van der Waals surface area (Å²) in [6.07, 6.45) is 5.15. The minimum Gasteiger partial charge on any atom is -0.337 e. The van der Waals surface area contributed by atoms with E-state index < -0.39 is 0 Å². The van der Waals surface area contributed by atoms with E-state index in [1.807, 2.05) is 73.3 Å². The van der Waals surface area contributed by atoms with Gasteiger partial charge in [0, 0.05) is 18.3 Å². The zero-order valence-corrected chi connectivity index (χ0v) is 17.2. The molecule has 4 heteroatoms. The topological polar surface area (TPSA) is 40.6 Å². The highest BCUT2D eigenvalue weighted by molar-refractivity contribution is 6.36. The van der Waals surface area contributed by atoms with Gasteiger partial charge in [-0.25, -0.2) is 0 Å². The average Bonchev–Trinajstić information content (AvgIpc) is 3.01. The fourth-order valence-electron chi connectivity index (χ4n) is 4.51. The van der Waals surface area contributed by atoms with Crippen LogP contribution in [0.5, 0.6) is 0 Å². The Balaban J connectivity index is 1.83. The monoisotopic (exact) mass is 388 g/mol. The summed E-state index contributed by atoms with van der Waals surface area (Å²) in [5.74, 6) is -0.293. The Kier molecular flexibility index (Phi) is 5.52. The first-order valence-electron chi connectivity index (χ1n) is 10.6. The number of nitrogens with zero attached hydrogens (tertiary/aromatic N) is 2. The number of anilines is 1. The fourth-order valence-corrected chi connectivity index (χ4v) is 4.51. The predicted octanol–water partition coefficient (Wildman–Crippen LogP) is 4.93. The molecule has 1 heterocycles. The highest BCUT2D eigenvalue weighted by atomic mass is 16.2. The third-order valence-electron chi connectivity index (χ3n) is 6.02. The Morgan fingerprint density at radius 3 is 2.17 bits per heavy atom. The van der Waals surface area contributed by atoms with Gasteiger partial charge in [0.25, 0.3) is 11.8 Å². The zero-order valence-electron chi connectivity index (χ0n) is 17.2. The lowest BCUT2D eigenvalue weighted by Gasteiger charge is -2.31. The Hall–Kier alpha value is -2.88. The average molecular weight is 389 g/mol. The Morgan fingerprint density at radius 2 is 1.55 bits per heavy atom. The molecule has 1 aliphatic carbocycles. The van der Waals surface area contributed by atoms with Crippen LogP contribution in [0.4, 0.5) is 5.69 Å². The molecule has 2 aromatic rings. The third-order valence-corrected chi connectivity index (χ3v) is 6.02. The Morgan fingerprint density at radius 1 is 0.897 bits per heavy atom. The van der Waals surface area contributed by atoms with Gasteiger partial charge in [0.15, 0.2) is 0 Å². The van der Waals surface area contributed by atoms with E-state index in [0.717, 1.165) is 42.5 Å². The number of aryl methyl sites for hydroxylation is 1. The molecule has 0 unspecified atom stereocenters. The van der Waals surface area contributed by atoms with Crippen molar-refractivity contribution in [1.29, 1.82) is 0 Å². The molecule has 0 spiro atoms. The second-order valence-electron chi connectivity index (χ2n) is 7.94. The number of carbonyl (C=O) groups excluding carboxylic acids is 2. The van der Waals surface area contributed by atoms with E-state index in [4.69, 9.17) is 0 Å². The van der Waals surface area contributed by atoms with Crippen molar-refractivity contribution in [3.05, 3.63) is 71.4 Å². The molecule has 1 saturated carbocycles. The normalized spacial score (nSPS) is 17.9. The van der Waals surface area contributed by atoms with Crippen LogP contribution in [0.25, 0.3) is 5.57 Å². The first-order chi connectivity index (χ1) is 14.1. The Bertz CT molecular complexity index is 925. The summed E-state index contributed by atoms with van der Waals surface area (Å²) in [6, 6.07) is 17.8. The molecule has 0 saturated heterocycles. The fraction of sp³-hybridized carbons (Fsp3) is 0.360. The van der Waals surface area contributed by atoms with E-state index in [2.05, 4.69) is 0 Å². The number of para-hydroxylation sites is 1. The highest BCUT2D eigenvalue weighted by Gasteiger charge is 2.44. The van der Waals surface area contributed by atoms with E-state index in [0.29, 0.717) is 17.8 Å². The van der Waals surface area contributed by atoms with E-state index >= 15 is 0 Å². The summed E-state index contributed by atoms with van der Waals surface area (Å²) in [4.78, 5) is 30.8. The summed E-state index contributed by atoms with van der Waals surface area (Å²) in [7, 11) is 0. The zero-order chi connectivity index (χ0) is 20.4. The van der Waals surface area contributed by atoms with E-state index in [-0.39, 0.29) is 17.9 Å². The number of hydrogen-bond acceptors (Lipinski definition) is 3. The number of carbonyl (C=O) groups is 2. The molecule has 2 amide bonds.